The third kappa shape index (κ3) is 7.54. The molecule has 0 unspecified atom stereocenters. The summed E-state index contributed by atoms with van der Waals surface area (Å²) in [5, 5.41) is 2.46. The Morgan fingerprint density at radius 3 is 2.49 bits per heavy atom. The molecule has 0 bridgehead atoms. The molecule has 1 aliphatic rings. The average Bonchev–Trinajstić information content (AvgIpc) is 3.15. The molecule has 1 aliphatic heterocycles. The van der Waals surface area contributed by atoms with Gasteiger partial charge in [0.15, 0.2) is 18.1 Å². The van der Waals surface area contributed by atoms with Crippen molar-refractivity contribution in [3.8, 4) is 17.2 Å². The molecule has 0 aliphatic carbocycles. The highest BCUT2D eigenvalue weighted by Gasteiger charge is 2.35. The van der Waals surface area contributed by atoms with Crippen LogP contribution in [0, 0.1) is 17.4 Å². The molecule has 3 amide bonds. The van der Waals surface area contributed by atoms with Crippen LogP contribution < -0.4 is 19.5 Å². The summed E-state index contributed by atoms with van der Waals surface area (Å²) in [5.41, 5.74) is 3.45. The number of rotatable bonds is 10. The largest absolute Gasteiger partial charge is 0.493 e. The first kappa shape index (κ1) is 28.5. The number of aryl methyl sites for hydroxylation is 2. The molecule has 8 nitrogen and oxygen atoms in total. The van der Waals surface area contributed by atoms with Crippen molar-refractivity contribution in [3.63, 3.8) is 0 Å². The second kappa shape index (κ2) is 13.0. The smallest absolute Gasteiger partial charge is 0.293 e. The van der Waals surface area contributed by atoms with E-state index >= 15 is 0 Å². The fourth-order valence-corrected chi connectivity index (χ4v) is 5.47. The van der Waals surface area contributed by atoms with Crippen molar-refractivity contribution < 1.29 is 28.6 Å². The van der Waals surface area contributed by atoms with Gasteiger partial charge in [0.2, 0.25) is 0 Å². The fourth-order valence-electron chi connectivity index (χ4n) is 3.82. The number of hydrogen-bond acceptors (Lipinski definition) is 7. The summed E-state index contributed by atoms with van der Waals surface area (Å²) >= 11 is 2.96. The summed E-state index contributed by atoms with van der Waals surface area (Å²) < 4.78 is 17.7. The highest BCUT2D eigenvalue weighted by atomic mass is 127. The van der Waals surface area contributed by atoms with Gasteiger partial charge < -0.3 is 19.5 Å². The van der Waals surface area contributed by atoms with E-state index in [0.29, 0.717) is 37.0 Å². The van der Waals surface area contributed by atoms with Gasteiger partial charge in [-0.25, -0.2) is 0 Å². The Balaban J connectivity index is 1.39. The number of halogens is 1. The SMILES string of the molecule is COc1cc(/C=C2\SC(=O)N(CCOc3cccc(C)c3)C2=O)cc(I)c1OCC(=O)Nc1cccc(C)c1. The Labute approximate surface area is 244 Å². The third-order valence-electron chi connectivity index (χ3n) is 5.65. The number of ether oxygens (including phenoxy) is 3. The van der Waals surface area contributed by atoms with Crippen LogP contribution >= 0.6 is 34.4 Å². The molecule has 39 heavy (non-hydrogen) atoms. The maximum absolute atomic E-state index is 12.9. The molecule has 0 atom stereocenters. The van der Waals surface area contributed by atoms with Crippen molar-refractivity contribution in [1.29, 1.82) is 0 Å². The second-order valence-electron chi connectivity index (χ2n) is 8.74. The molecule has 1 saturated heterocycles. The number of imide groups is 1. The molecule has 1 N–H and O–H groups in total. The lowest BCUT2D eigenvalue weighted by Gasteiger charge is -2.14. The van der Waals surface area contributed by atoms with Gasteiger partial charge in [-0.05, 0) is 107 Å². The van der Waals surface area contributed by atoms with Gasteiger partial charge in [0.1, 0.15) is 12.4 Å². The quantitative estimate of drug-likeness (QED) is 0.210. The van der Waals surface area contributed by atoms with Crippen LogP contribution in [0.4, 0.5) is 10.5 Å². The molecule has 4 rings (SSSR count). The molecular weight excluding hydrogens is 631 g/mol. The van der Waals surface area contributed by atoms with Gasteiger partial charge in [0.05, 0.1) is 22.1 Å². The van der Waals surface area contributed by atoms with Crippen LogP contribution in [0.2, 0.25) is 0 Å². The Morgan fingerprint density at radius 2 is 1.77 bits per heavy atom. The Morgan fingerprint density at radius 1 is 1.03 bits per heavy atom. The second-order valence-corrected chi connectivity index (χ2v) is 10.9. The Bertz CT molecular complexity index is 1440. The predicted molar refractivity (Wildman–Crippen MR) is 160 cm³/mol. The van der Waals surface area contributed by atoms with Gasteiger partial charge >= 0.3 is 0 Å². The molecule has 10 heteroatoms. The van der Waals surface area contributed by atoms with Gasteiger partial charge in [-0.1, -0.05) is 24.3 Å². The minimum atomic E-state index is -0.375. The lowest BCUT2D eigenvalue weighted by molar-refractivity contribution is -0.123. The van der Waals surface area contributed by atoms with E-state index in [1.165, 1.54) is 12.0 Å². The maximum atomic E-state index is 12.9. The van der Waals surface area contributed by atoms with E-state index < -0.39 is 0 Å². The Hall–Kier alpha value is -3.51. The topological polar surface area (TPSA) is 94.2 Å². The van der Waals surface area contributed by atoms with Crippen molar-refractivity contribution in [2.45, 2.75) is 13.8 Å². The number of hydrogen-bond donors (Lipinski definition) is 1. The van der Waals surface area contributed by atoms with E-state index in [0.717, 1.165) is 22.9 Å². The molecule has 3 aromatic rings. The number of amides is 3. The zero-order valence-electron chi connectivity index (χ0n) is 21.7. The lowest BCUT2D eigenvalue weighted by Crippen LogP contribution is -2.32. The van der Waals surface area contributed by atoms with Crippen molar-refractivity contribution in [2.75, 3.05) is 32.2 Å². The summed E-state index contributed by atoms with van der Waals surface area (Å²) in [6.45, 7) is 4.05. The zero-order valence-corrected chi connectivity index (χ0v) is 24.6. The third-order valence-corrected chi connectivity index (χ3v) is 7.35. The highest BCUT2D eigenvalue weighted by Crippen LogP contribution is 2.37. The molecule has 202 valence electrons. The number of nitrogens with one attached hydrogen (secondary N) is 1. The Kier molecular flexibility index (Phi) is 9.52. The van der Waals surface area contributed by atoms with Crippen molar-refractivity contribution >= 4 is 63.2 Å². The highest BCUT2D eigenvalue weighted by molar-refractivity contribution is 14.1. The van der Waals surface area contributed by atoms with E-state index in [1.54, 1.807) is 18.2 Å². The summed E-state index contributed by atoms with van der Waals surface area (Å²) in [4.78, 5) is 39.3. The molecule has 0 spiro atoms. The molecule has 0 radical (unpaired) electrons. The number of benzene rings is 3. The van der Waals surface area contributed by atoms with E-state index in [2.05, 4.69) is 27.9 Å². The van der Waals surface area contributed by atoms with Crippen LogP contribution in [0.1, 0.15) is 16.7 Å². The summed E-state index contributed by atoms with van der Waals surface area (Å²) in [6, 6.07) is 18.6. The number of anilines is 1. The number of carbonyl (C=O) groups is 3. The van der Waals surface area contributed by atoms with E-state index in [1.807, 2.05) is 62.4 Å². The number of methoxy groups -OCH3 is 1. The monoisotopic (exact) mass is 658 g/mol. The zero-order chi connectivity index (χ0) is 27.9. The van der Waals surface area contributed by atoms with E-state index in [-0.39, 0.29) is 36.8 Å². The first-order valence-corrected chi connectivity index (χ1v) is 13.9. The molecular formula is C29H27IN2O6S. The lowest BCUT2D eigenvalue weighted by atomic mass is 10.2. The van der Waals surface area contributed by atoms with Gasteiger partial charge in [0.25, 0.3) is 17.1 Å². The van der Waals surface area contributed by atoms with Crippen LogP contribution in [0.25, 0.3) is 6.08 Å². The number of thioether (sulfide) groups is 1. The molecule has 1 heterocycles. The van der Waals surface area contributed by atoms with Crippen LogP contribution in [-0.2, 0) is 9.59 Å². The van der Waals surface area contributed by atoms with Gasteiger partial charge in [-0.3, -0.25) is 19.3 Å². The molecule has 0 saturated carbocycles. The molecule has 3 aromatic carbocycles. The van der Waals surface area contributed by atoms with Gasteiger partial charge in [0, 0.05) is 5.69 Å². The minimum absolute atomic E-state index is 0.147. The first-order valence-electron chi connectivity index (χ1n) is 12.0. The predicted octanol–water partition coefficient (Wildman–Crippen LogP) is 6.05. The minimum Gasteiger partial charge on any atom is -0.493 e. The van der Waals surface area contributed by atoms with Crippen molar-refractivity contribution in [1.82, 2.24) is 4.90 Å². The normalized spacial score (nSPS) is 14.1. The van der Waals surface area contributed by atoms with Gasteiger partial charge in [-0.15, -0.1) is 0 Å². The van der Waals surface area contributed by atoms with Crippen LogP contribution in [0.3, 0.4) is 0 Å². The van der Waals surface area contributed by atoms with Gasteiger partial charge in [-0.2, -0.15) is 0 Å². The van der Waals surface area contributed by atoms with Crippen molar-refractivity contribution in [2.24, 2.45) is 0 Å². The molecule has 1 fully saturated rings. The number of nitrogens with zero attached hydrogens (tertiary/aromatic N) is 1. The van der Waals surface area contributed by atoms with E-state index in [9.17, 15) is 14.4 Å². The molecule has 0 aromatic heterocycles. The summed E-state index contributed by atoms with van der Waals surface area (Å²) in [5.74, 6) is 0.829. The standard InChI is InChI=1S/C29H27IN2O6S/c1-18-6-4-8-21(12-18)31-26(33)17-38-27-23(30)14-20(15-24(27)36-3)16-25-28(34)32(29(35)39-25)10-11-37-22-9-5-7-19(2)13-22/h4-9,12-16H,10-11,17H2,1-3H3,(H,31,33)/b25-16-. The maximum Gasteiger partial charge on any atom is 0.293 e. The average molecular weight is 659 g/mol. The first-order chi connectivity index (χ1) is 18.7. The van der Waals surface area contributed by atoms with Crippen LogP contribution in [0.5, 0.6) is 17.2 Å². The van der Waals surface area contributed by atoms with E-state index in [4.69, 9.17) is 14.2 Å². The summed E-state index contributed by atoms with van der Waals surface area (Å²) in [7, 11) is 1.50. The fraction of sp³-hybridized carbons (Fsp3) is 0.207. The van der Waals surface area contributed by atoms with Crippen LogP contribution in [-0.4, -0.2) is 48.8 Å². The number of carbonyl (C=O) groups excluding carboxylic acids is 3. The van der Waals surface area contributed by atoms with Crippen LogP contribution in [0.15, 0.2) is 65.6 Å². The summed E-state index contributed by atoms with van der Waals surface area (Å²) in [6.07, 6.45) is 1.64. The van der Waals surface area contributed by atoms with Crippen molar-refractivity contribution in [3.05, 3.63) is 85.8 Å².